The number of methoxy groups -OCH3 is 1. The van der Waals surface area contributed by atoms with Crippen LogP contribution in [0.2, 0.25) is 0 Å². The largest absolute Gasteiger partial charge is 0.493 e. The van der Waals surface area contributed by atoms with Gasteiger partial charge in [0.15, 0.2) is 22.5 Å². The molecule has 5 rings (SSSR count). The van der Waals surface area contributed by atoms with E-state index >= 15 is 0 Å². The lowest BCUT2D eigenvalue weighted by atomic mass is 10.1. The van der Waals surface area contributed by atoms with Crippen LogP contribution in [0.1, 0.15) is 12.1 Å². The van der Waals surface area contributed by atoms with Gasteiger partial charge in [-0.2, -0.15) is 10.0 Å². The number of nitrogens with one attached hydrogen (secondary N) is 1. The van der Waals surface area contributed by atoms with Crippen LogP contribution in [0.25, 0.3) is 6.08 Å². The van der Waals surface area contributed by atoms with E-state index in [1.807, 2.05) is 47.2 Å². The fraction of sp³-hybridized carbons (Fsp3) is 0.333. The van der Waals surface area contributed by atoms with E-state index in [0.717, 1.165) is 30.4 Å². The van der Waals surface area contributed by atoms with Crippen molar-refractivity contribution >= 4 is 39.9 Å². The van der Waals surface area contributed by atoms with Crippen LogP contribution in [0, 0.1) is 5.41 Å². The third-order valence-electron chi connectivity index (χ3n) is 5.75. The van der Waals surface area contributed by atoms with Gasteiger partial charge < -0.3 is 23.7 Å². The van der Waals surface area contributed by atoms with Gasteiger partial charge in [-0.15, -0.1) is 5.10 Å². The molecule has 0 atom stereocenters. The minimum absolute atomic E-state index is 0.0306. The molecule has 0 saturated carbocycles. The van der Waals surface area contributed by atoms with E-state index in [1.165, 1.54) is 16.8 Å². The number of benzene rings is 1. The minimum Gasteiger partial charge on any atom is -0.493 e. The van der Waals surface area contributed by atoms with E-state index in [2.05, 4.69) is 15.0 Å². The topological polar surface area (TPSA) is 105 Å². The zero-order chi connectivity index (χ0) is 24.2. The number of aliphatic imine (C=N–C) groups is 1. The van der Waals surface area contributed by atoms with Gasteiger partial charge in [-0.05, 0) is 48.5 Å². The summed E-state index contributed by atoms with van der Waals surface area (Å²) < 4.78 is 18.6. The number of fused-ring (bicyclic) bond motifs is 1. The number of carbonyl (C=O) groups is 1. The molecule has 3 aliphatic rings. The molecule has 1 amide bonds. The molecule has 35 heavy (non-hydrogen) atoms. The van der Waals surface area contributed by atoms with Crippen LogP contribution in [0.15, 0.2) is 58.3 Å². The highest BCUT2D eigenvalue weighted by Gasteiger charge is 2.37. The third-order valence-corrected chi connectivity index (χ3v) is 6.72. The van der Waals surface area contributed by atoms with Crippen molar-refractivity contribution in [1.29, 1.82) is 5.41 Å². The molecule has 182 valence electrons. The number of morpholine rings is 1. The van der Waals surface area contributed by atoms with Gasteiger partial charge in [0.05, 0.1) is 32.5 Å². The first-order chi connectivity index (χ1) is 17.1. The number of hydrogen-bond donors (Lipinski definition) is 1. The van der Waals surface area contributed by atoms with Gasteiger partial charge in [0, 0.05) is 31.5 Å². The summed E-state index contributed by atoms with van der Waals surface area (Å²) >= 11 is 1.32. The van der Waals surface area contributed by atoms with Gasteiger partial charge in [-0.25, -0.2) is 0 Å². The molecule has 1 saturated heterocycles. The molecule has 10 nitrogen and oxygen atoms in total. The minimum atomic E-state index is -0.431. The van der Waals surface area contributed by atoms with Crippen molar-refractivity contribution in [3.63, 3.8) is 0 Å². The Morgan fingerprint density at radius 3 is 2.74 bits per heavy atom. The fourth-order valence-corrected chi connectivity index (χ4v) is 4.87. The summed E-state index contributed by atoms with van der Waals surface area (Å²) in [7, 11) is 1.62. The van der Waals surface area contributed by atoms with Gasteiger partial charge in [-0.3, -0.25) is 10.2 Å². The number of para-hydroxylation sites is 2. The monoisotopic (exact) mass is 494 g/mol. The van der Waals surface area contributed by atoms with Crippen molar-refractivity contribution in [2.45, 2.75) is 13.0 Å². The molecular weight excluding hydrogens is 468 g/mol. The number of thioether (sulfide) groups is 1. The number of aromatic nitrogens is 1. The Morgan fingerprint density at radius 1 is 1.14 bits per heavy atom. The number of amides is 1. The lowest BCUT2D eigenvalue weighted by Gasteiger charge is -2.26. The van der Waals surface area contributed by atoms with Gasteiger partial charge in [0.2, 0.25) is 5.17 Å². The van der Waals surface area contributed by atoms with Crippen molar-refractivity contribution in [2.75, 3.05) is 40.0 Å². The van der Waals surface area contributed by atoms with Crippen LogP contribution < -0.4 is 9.47 Å². The quantitative estimate of drug-likeness (QED) is 0.466. The average molecular weight is 495 g/mol. The number of hydrogen-bond acceptors (Lipinski definition) is 8. The SMILES string of the molecule is COc1ccccc1OCCCn1cccc1/C=C1/C(=N)N2N=C(N3CCOCC3)SC2=NC1=O. The molecule has 0 aliphatic carbocycles. The van der Waals surface area contributed by atoms with E-state index in [0.29, 0.717) is 43.0 Å². The molecule has 1 N–H and O–H groups in total. The highest BCUT2D eigenvalue weighted by Crippen LogP contribution is 2.30. The summed E-state index contributed by atoms with van der Waals surface area (Å²) in [5.74, 6) is 1.01. The Labute approximate surface area is 207 Å². The van der Waals surface area contributed by atoms with Crippen LogP contribution >= 0.6 is 11.8 Å². The second kappa shape index (κ2) is 10.4. The Hall–Kier alpha value is -3.57. The highest BCUT2D eigenvalue weighted by atomic mass is 32.2. The van der Waals surface area contributed by atoms with Crippen LogP contribution in [0.5, 0.6) is 11.5 Å². The number of aryl methyl sites for hydroxylation is 1. The van der Waals surface area contributed by atoms with E-state index in [9.17, 15) is 4.79 Å². The van der Waals surface area contributed by atoms with E-state index < -0.39 is 5.91 Å². The number of rotatable bonds is 7. The van der Waals surface area contributed by atoms with E-state index in [1.54, 1.807) is 13.2 Å². The van der Waals surface area contributed by atoms with Crippen molar-refractivity contribution < 1.29 is 19.0 Å². The predicted molar refractivity (Wildman–Crippen MR) is 135 cm³/mol. The Bertz CT molecular complexity index is 1210. The van der Waals surface area contributed by atoms with Crippen LogP contribution in [-0.4, -0.2) is 76.6 Å². The van der Waals surface area contributed by atoms with Crippen LogP contribution in [0.4, 0.5) is 0 Å². The normalized spacial score (nSPS) is 19.1. The molecule has 1 fully saturated rings. The molecule has 0 bridgehead atoms. The number of ether oxygens (including phenoxy) is 3. The zero-order valence-electron chi connectivity index (χ0n) is 19.3. The summed E-state index contributed by atoms with van der Waals surface area (Å²) in [6.07, 6.45) is 4.41. The molecule has 3 aliphatic heterocycles. The molecular formula is C24H26N6O4S. The van der Waals surface area contributed by atoms with E-state index in [4.69, 9.17) is 19.6 Å². The molecule has 1 aromatic heterocycles. The number of hydrazone groups is 1. The summed E-state index contributed by atoms with van der Waals surface area (Å²) in [5, 5.41) is 15.8. The Balaban J connectivity index is 1.25. The van der Waals surface area contributed by atoms with Gasteiger partial charge in [0.25, 0.3) is 5.91 Å². The molecule has 11 heteroatoms. The van der Waals surface area contributed by atoms with Crippen molar-refractivity contribution in [1.82, 2.24) is 14.5 Å². The molecule has 4 heterocycles. The first-order valence-corrected chi connectivity index (χ1v) is 12.2. The molecule has 0 unspecified atom stereocenters. The second-order valence-electron chi connectivity index (χ2n) is 7.98. The number of amidine groups is 3. The predicted octanol–water partition coefficient (Wildman–Crippen LogP) is 2.87. The summed E-state index contributed by atoms with van der Waals surface area (Å²) in [5.41, 5.74) is 1.03. The zero-order valence-corrected chi connectivity index (χ0v) is 20.2. The number of nitrogens with zero attached hydrogens (tertiary/aromatic N) is 5. The lowest BCUT2D eigenvalue weighted by Crippen LogP contribution is -2.39. The average Bonchev–Trinajstić information content (AvgIpc) is 3.52. The van der Waals surface area contributed by atoms with Crippen molar-refractivity contribution in [3.05, 3.63) is 53.9 Å². The van der Waals surface area contributed by atoms with Gasteiger partial charge in [0.1, 0.15) is 0 Å². The Kier molecular flexibility index (Phi) is 6.87. The van der Waals surface area contributed by atoms with Crippen molar-refractivity contribution in [3.8, 4) is 11.5 Å². The van der Waals surface area contributed by atoms with Gasteiger partial charge in [-0.1, -0.05) is 12.1 Å². The third kappa shape index (κ3) is 4.96. The molecule has 2 aromatic rings. The standard InChI is InChI=1S/C24H26N6O4S/c1-32-19-7-2-3-8-20(19)34-13-5-10-28-9-4-6-17(28)16-18-21(25)30-23(26-22(18)31)35-24(27-30)29-11-14-33-15-12-29/h2-4,6-9,16,25H,5,10-15H2,1H3/b18-16-,25-21?. The maximum atomic E-state index is 12.8. The van der Waals surface area contributed by atoms with Crippen LogP contribution in [-0.2, 0) is 16.1 Å². The first-order valence-electron chi connectivity index (χ1n) is 11.4. The Morgan fingerprint density at radius 2 is 1.94 bits per heavy atom. The summed E-state index contributed by atoms with van der Waals surface area (Å²) in [6.45, 7) is 3.93. The lowest BCUT2D eigenvalue weighted by molar-refractivity contribution is -0.114. The number of carbonyl (C=O) groups excluding carboxylic acids is 1. The smallest absolute Gasteiger partial charge is 0.283 e. The molecule has 0 radical (unpaired) electrons. The van der Waals surface area contributed by atoms with E-state index in [-0.39, 0.29) is 11.4 Å². The maximum absolute atomic E-state index is 12.8. The fourth-order valence-electron chi connectivity index (χ4n) is 3.93. The highest BCUT2D eigenvalue weighted by molar-refractivity contribution is 8.26. The molecule has 1 aromatic carbocycles. The van der Waals surface area contributed by atoms with Crippen molar-refractivity contribution in [2.24, 2.45) is 10.1 Å². The van der Waals surface area contributed by atoms with Crippen LogP contribution in [0.3, 0.4) is 0 Å². The first kappa shape index (κ1) is 23.2. The molecule has 0 spiro atoms. The maximum Gasteiger partial charge on any atom is 0.283 e. The summed E-state index contributed by atoms with van der Waals surface area (Å²) in [4.78, 5) is 19.1. The van der Waals surface area contributed by atoms with Gasteiger partial charge >= 0.3 is 0 Å². The second-order valence-corrected chi connectivity index (χ2v) is 8.92. The summed E-state index contributed by atoms with van der Waals surface area (Å²) in [6, 6.07) is 11.4.